The quantitative estimate of drug-likeness (QED) is 0.203. The summed E-state index contributed by atoms with van der Waals surface area (Å²) in [6, 6.07) is 27.7. The van der Waals surface area contributed by atoms with Crippen LogP contribution in [0.4, 0.5) is 15.8 Å². The molecule has 0 aromatic heterocycles. The van der Waals surface area contributed by atoms with E-state index in [9.17, 15) is 19.5 Å². The van der Waals surface area contributed by atoms with E-state index < -0.39 is 6.04 Å². The van der Waals surface area contributed by atoms with Gasteiger partial charge < -0.3 is 19.8 Å². The Morgan fingerprint density at radius 2 is 1.51 bits per heavy atom. The van der Waals surface area contributed by atoms with E-state index in [1.54, 1.807) is 17.0 Å². The summed E-state index contributed by atoms with van der Waals surface area (Å²) in [6.45, 7) is 6.91. The Morgan fingerprint density at radius 1 is 0.709 bits per heavy atom. The lowest BCUT2D eigenvalue weighted by Crippen LogP contribution is -2.49. The molecule has 2 saturated heterocycles. The number of carbonyl (C=O) groups is 3. The number of piperidine rings is 1. The first-order chi connectivity index (χ1) is 26.8. The van der Waals surface area contributed by atoms with E-state index in [4.69, 9.17) is 0 Å². The zero-order valence-electron chi connectivity index (χ0n) is 31.3. The van der Waals surface area contributed by atoms with Gasteiger partial charge >= 0.3 is 0 Å². The Morgan fingerprint density at radius 3 is 2.27 bits per heavy atom. The van der Waals surface area contributed by atoms with Crippen molar-refractivity contribution in [1.82, 2.24) is 9.80 Å². The molecule has 1 saturated carbocycles. The Labute approximate surface area is 322 Å². The molecule has 2 aliphatic carbocycles. The second-order valence-electron chi connectivity index (χ2n) is 16.4. The number of fused-ring (bicyclic) bond motifs is 2. The topological polar surface area (TPSA) is 84.4 Å². The highest BCUT2D eigenvalue weighted by Crippen LogP contribution is 2.47. The van der Waals surface area contributed by atoms with Crippen molar-refractivity contribution < 1.29 is 23.9 Å². The summed E-state index contributed by atoms with van der Waals surface area (Å²) < 4.78 is 16.1. The fourth-order valence-corrected chi connectivity index (χ4v) is 10.1. The lowest BCUT2D eigenvalue weighted by Gasteiger charge is -2.40. The molecule has 0 unspecified atom stereocenters. The van der Waals surface area contributed by atoms with Crippen molar-refractivity contribution in [2.24, 2.45) is 5.92 Å². The number of hydrogen-bond acceptors (Lipinski definition) is 7. The molecule has 1 N–H and O–H groups in total. The summed E-state index contributed by atoms with van der Waals surface area (Å²) in [5.41, 5.74) is 8.01. The maximum absolute atomic E-state index is 16.1. The molecule has 0 radical (unpaired) electrons. The van der Waals surface area contributed by atoms with Crippen LogP contribution in [0.2, 0.25) is 0 Å². The summed E-state index contributed by atoms with van der Waals surface area (Å²) >= 11 is 0. The number of carbonyl (C=O) groups excluding carboxylic acids is 3. The number of Topliss-reactive ketones (excluding diaryl/α,β-unsaturated/α-hetero) is 2. The van der Waals surface area contributed by atoms with Gasteiger partial charge in [0, 0.05) is 75.9 Å². The van der Waals surface area contributed by atoms with Crippen molar-refractivity contribution in [3.05, 3.63) is 124 Å². The molecular weight excluding hydrogens is 692 g/mol. The molecule has 3 aliphatic heterocycles. The van der Waals surface area contributed by atoms with Gasteiger partial charge in [-0.25, -0.2) is 4.39 Å². The van der Waals surface area contributed by atoms with E-state index in [0.29, 0.717) is 36.6 Å². The van der Waals surface area contributed by atoms with Gasteiger partial charge in [0.25, 0.3) is 5.91 Å². The molecule has 1 amide bonds. The van der Waals surface area contributed by atoms with Gasteiger partial charge in [0.05, 0.1) is 18.2 Å². The summed E-state index contributed by atoms with van der Waals surface area (Å²) in [7, 11) is 0. The van der Waals surface area contributed by atoms with Crippen molar-refractivity contribution in [2.45, 2.75) is 69.4 Å². The van der Waals surface area contributed by atoms with Gasteiger partial charge in [-0.2, -0.15) is 0 Å². The largest absolute Gasteiger partial charge is 0.508 e. The maximum atomic E-state index is 16.1. The van der Waals surface area contributed by atoms with Gasteiger partial charge in [0.15, 0.2) is 5.78 Å². The first kappa shape index (κ1) is 35.7. The van der Waals surface area contributed by atoms with Crippen LogP contribution in [0.15, 0.2) is 84.9 Å². The molecule has 0 spiro atoms. The fraction of sp³-hybridized carbons (Fsp3) is 0.413. The Bertz CT molecular complexity index is 2110. The number of anilines is 2. The molecule has 4 aromatic rings. The van der Waals surface area contributed by atoms with E-state index in [2.05, 4.69) is 51.1 Å². The van der Waals surface area contributed by atoms with Crippen LogP contribution in [0.5, 0.6) is 5.75 Å². The van der Waals surface area contributed by atoms with E-state index in [0.717, 1.165) is 93.9 Å². The number of ketones is 2. The number of phenolic OH excluding ortho intramolecular Hbond substituents is 1. The second kappa shape index (κ2) is 14.9. The predicted octanol–water partition coefficient (Wildman–Crippen LogP) is 7.08. The number of piperazine rings is 1. The van der Waals surface area contributed by atoms with Gasteiger partial charge in [-0.3, -0.25) is 19.3 Å². The highest BCUT2D eigenvalue weighted by atomic mass is 19.1. The molecule has 3 atom stereocenters. The standard InChI is InChI=1S/C46H49FN4O4/c47-41-26-33(45-38(31-4-2-1-3-5-31)11-6-32-25-36(52)9-13-39(32)45)7-14-42(41)50-18-16-30(17-19-50)28-48-20-22-49(23-21-48)35-8-12-40-34(24-35)29-51(46(40)55)43-15-10-37(53)27-44(43)54/h1-5,7-9,12-14,24-26,30,38,43,45,52H,6,10-11,15-23,27-29H2/t38-,43-,45+/m1/s1. The van der Waals surface area contributed by atoms with Crippen LogP contribution < -0.4 is 9.80 Å². The lowest BCUT2D eigenvalue weighted by atomic mass is 9.69. The molecule has 9 heteroatoms. The number of benzene rings is 4. The normalized spacial score (nSPS) is 23.6. The molecule has 8 nitrogen and oxygen atoms in total. The number of amides is 1. The van der Waals surface area contributed by atoms with Gasteiger partial charge in [0.2, 0.25) is 0 Å². The molecule has 3 fully saturated rings. The van der Waals surface area contributed by atoms with Gasteiger partial charge in [-0.05, 0) is 114 Å². The van der Waals surface area contributed by atoms with E-state index in [1.807, 2.05) is 36.4 Å². The minimum Gasteiger partial charge on any atom is -0.508 e. The maximum Gasteiger partial charge on any atom is 0.255 e. The summed E-state index contributed by atoms with van der Waals surface area (Å²) in [4.78, 5) is 46.3. The number of rotatable bonds is 7. The fourth-order valence-electron chi connectivity index (χ4n) is 10.1. The van der Waals surface area contributed by atoms with Crippen molar-refractivity contribution in [3.63, 3.8) is 0 Å². The Kier molecular flexibility index (Phi) is 9.67. The van der Waals surface area contributed by atoms with Crippen LogP contribution in [-0.2, 0) is 22.6 Å². The van der Waals surface area contributed by atoms with E-state index in [1.165, 1.54) is 11.1 Å². The van der Waals surface area contributed by atoms with Crippen LogP contribution in [0.25, 0.3) is 0 Å². The van der Waals surface area contributed by atoms with Crippen LogP contribution >= 0.6 is 0 Å². The highest BCUT2D eigenvalue weighted by Gasteiger charge is 2.39. The Hall–Kier alpha value is -5.02. The number of hydrogen-bond donors (Lipinski definition) is 1. The zero-order chi connectivity index (χ0) is 37.6. The molecule has 284 valence electrons. The van der Waals surface area contributed by atoms with Gasteiger partial charge in [0.1, 0.15) is 17.3 Å². The lowest BCUT2D eigenvalue weighted by molar-refractivity contribution is -0.133. The van der Waals surface area contributed by atoms with Gasteiger partial charge in [-0.15, -0.1) is 0 Å². The van der Waals surface area contributed by atoms with Crippen molar-refractivity contribution >= 4 is 28.8 Å². The molecule has 0 bridgehead atoms. The molecule has 55 heavy (non-hydrogen) atoms. The average molecular weight is 741 g/mol. The van der Waals surface area contributed by atoms with Crippen molar-refractivity contribution in [3.8, 4) is 5.75 Å². The second-order valence-corrected chi connectivity index (χ2v) is 16.4. The SMILES string of the molecule is O=C1CC[C@@H](N2Cc3cc(N4CCN(CC5CCN(c6ccc([C@@H]7c8ccc(O)cc8CC[C@@H]7c7ccccc7)cc6F)CC5)CC4)ccc3C2=O)C(=O)C1. The van der Waals surface area contributed by atoms with Crippen LogP contribution in [0, 0.1) is 11.7 Å². The molecule has 9 rings (SSSR count). The summed E-state index contributed by atoms with van der Waals surface area (Å²) in [6.07, 6.45) is 4.62. The summed E-state index contributed by atoms with van der Waals surface area (Å²) in [5.74, 6) is 0.678. The van der Waals surface area contributed by atoms with Crippen LogP contribution in [-0.4, -0.2) is 84.2 Å². The number of phenols is 1. The third kappa shape index (κ3) is 7.03. The monoisotopic (exact) mass is 740 g/mol. The van der Waals surface area contributed by atoms with E-state index >= 15 is 4.39 Å². The number of aryl methyl sites for hydroxylation is 1. The third-order valence-electron chi connectivity index (χ3n) is 13.1. The van der Waals surface area contributed by atoms with Crippen molar-refractivity contribution in [1.29, 1.82) is 0 Å². The molecule has 3 heterocycles. The van der Waals surface area contributed by atoms with Crippen molar-refractivity contribution in [2.75, 3.05) is 55.6 Å². The minimum atomic E-state index is -0.494. The van der Waals surface area contributed by atoms with E-state index in [-0.39, 0.29) is 47.3 Å². The average Bonchev–Trinajstić information content (AvgIpc) is 3.53. The number of nitrogens with zero attached hydrogens (tertiary/aromatic N) is 4. The Balaban J connectivity index is 0.795. The molecular formula is C46H49FN4O4. The minimum absolute atomic E-state index is 0.0194. The predicted molar refractivity (Wildman–Crippen MR) is 211 cm³/mol. The highest BCUT2D eigenvalue weighted by molar-refractivity contribution is 6.07. The smallest absolute Gasteiger partial charge is 0.255 e. The number of aromatic hydroxyl groups is 1. The molecule has 5 aliphatic rings. The summed E-state index contributed by atoms with van der Waals surface area (Å²) in [5, 5.41) is 10.2. The van der Waals surface area contributed by atoms with Crippen LogP contribution in [0.3, 0.4) is 0 Å². The van der Waals surface area contributed by atoms with Crippen LogP contribution in [0.1, 0.15) is 88.5 Å². The first-order valence-corrected chi connectivity index (χ1v) is 20.2. The molecule has 4 aromatic carbocycles. The number of halogens is 1. The van der Waals surface area contributed by atoms with Gasteiger partial charge in [-0.1, -0.05) is 42.5 Å². The third-order valence-corrected chi connectivity index (χ3v) is 13.1. The zero-order valence-corrected chi connectivity index (χ0v) is 31.3. The first-order valence-electron chi connectivity index (χ1n) is 20.2.